The molecule has 0 amide bonds. The van der Waals surface area contributed by atoms with Gasteiger partial charge in [-0.05, 0) is 36.5 Å². The van der Waals surface area contributed by atoms with E-state index < -0.39 is 0 Å². The lowest BCUT2D eigenvalue weighted by atomic mass is 10.0. The van der Waals surface area contributed by atoms with Crippen LogP contribution in [0.1, 0.15) is 24.6 Å². The summed E-state index contributed by atoms with van der Waals surface area (Å²) in [6.07, 6.45) is 6.04. The molecule has 3 rings (SSSR count). The van der Waals surface area contributed by atoms with E-state index in [1.807, 2.05) is 28.4 Å². The minimum atomic E-state index is 0.303. The maximum Gasteiger partial charge on any atom is 0.132 e. The molecule has 3 heterocycles. The molecule has 1 N–H and O–H groups in total. The number of hydrogen-bond donors (Lipinski definition) is 1. The molecule has 4 heteroatoms. The second-order valence-electron chi connectivity index (χ2n) is 4.19. The van der Waals surface area contributed by atoms with Gasteiger partial charge in [-0.2, -0.15) is 11.8 Å². The predicted molar refractivity (Wildman–Crippen MR) is 66.2 cm³/mol. The molecule has 0 radical (unpaired) electrons. The Morgan fingerprint density at radius 3 is 2.94 bits per heavy atom. The standard InChI is InChI=1S/C12H14N2OS/c15-11-2-1-10-7-13-12(14(10)8-11)9-3-5-16-6-4-9/h1-2,7-9,15H,3-6H2. The van der Waals surface area contributed by atoms with E-state index in [1.165, 1.54) is 24.3 Å². The average Bonchev–Trinajstić information content (AvgIpc) is 2.73. The lowest BCUT2D eigenvalue weighted by molar-refractivity contribution is 0.470. The van der Waals surface area contributed by atoms with Gasteiger partial charge >= 0.3 is 0 Å². The van der Waals surface area contributed by atoms with Gasteiger partial charge in [0, 0.05) is 5.92 Å². The first-order chi connectivity index (χ1) is 7.84. The molecule has 2 aromatic rings. The van der Waals surface area contributed by atoms with E-state index in [4.69, 9.17) is 0 Å². The van der Waals surface area contributed by atoms with Crippen LogP contribution in [0.5, 0.6) is 5.75 Å². The van der Waals surface area contributed by atoms with E-state index in [0.717, 1.165) is 11.3 Å². The number of imidazole rings is 1. The molecule has 0 spiro atoms. The second-order valence-corrected chi connectivity index (χ2v) is 5.41. The van der Waals surface area contributed by atoms with Gasteiger partial charge in [-0.3, -0.25) is 4.40 Å². The third-order valence-electron chi connectivity index (χ3n) is 3.13. The van der Waals surface area contributed by atoms with Crippen molar-refractivity contribution in [2.75, 3.05) is 11.5 Å². The number of aromatic hydroxyl groups is 1. The third-order valence-corrected chi connectivity index (χ3v) is 4.18. The van der Waals surface area contributed by atoms with E-state index in [0.29, 0.717) is 11.7 Å². The summed E-state index contributed by atoms with van der Waals surface area (Å²) < 4.78 is 2.02. The highest BCUT2D eigenvalue weighted by molar-refractivity contribution is 7.99. The van der Waals surface area contributed by atoms with Crippen LogP contribution >= 0.6 is 11.8 Å². The SMILES string of the molecule is Oc1ccc2cnc(C3CCSCC3)n2c1. The highest BCUT2D eigenvalue weighted by Crippen LogP contribution is 2.31. The Labute approximate surface area is 98.5 Å². The lowest BCUT2D eigenvalue weighted by Gasteiger charge is -2.20. The molecule has 3 nitrogen and oxygen atoms in total. The largest absolute Gasteiger partial charge is 0.506 e. The Hall–Kier alpha value is -1.16. The number of hydrogen-bond acceptors (Lipinski definition) is 3. The van der Waals surface area contributed by atoms with Crippen molar-refractivity contribution in [1.29, 1.82) is 0 Å². The Morgan fingerprint density at radius 1 is 1.31 bits per heavy atom. The number of pyridine rings is 1. The summed E-state index contributed by atoms with van der Waals surface area (Å²) in [7, 11) is 0. The molecular formula is C12H14N2OS. The fourth-order valence-corrected chi connectivity index (χ4v) is 3.36. The molecule has 0 unspecified atom stereocenters. The number of rotatable bonds is 1. The lowest BCUT2D eigenvalue weighted by Crippen LogP contribution is -2.11. The third kappa shape index (κ3) is 1.67. The summed E-state index contributed by atoms with van der Waals surface area (Å²) in [5, 5.41) is 9.52. The second kappa shape index (κ2) is 4.01. The zero-order valence-corrected chi connectivity index (χ0v) is 9.78. The maximum absolute atomic E-state index is 9.52. The van der Waals surface area contributed by atoms with Crippen LogP contribution in [-0.4, -0.2) is 26.0 Å². The Balaban J connectivity index is 2.05. The summed E-state index contributed by atoms with van der Waals surface area (Å²) in [4.78, 5) is 4.50. The van der Waals surface area contributed by atoms with Crippen molar-refractivity contribution >= 4 is 17.3 Å². The number of nitrogens with zero attached hydrogens (tertiary/aromatic N) is 2. The van der Waals surface area contributed by atoms with E-state index in [9.17, 15) is 5.11 Å². The normalized spacial score (nSPS) is 18.0. The monoisotopic (exact) mass is 234 g/mol. The van der Waals surface area contributed by atoms with Crippen LogP contribution in [0.3, 0.4) is 0 Å². The average molecular weight is 234 g/mol. The Morgan fingerprint density at radius 2 is 2.12 bits per heavy atom. The van der Waals surface area contributed by atoms with E-state index in [1.54, 1.807) is 12.3 Å². The highest BCUT2D eigenvalue weighted by atomic mass is 32.2. The molecular weight excluding hydrogens is 220 g/mol. The fourth-order valence-electron chi connectivity index (χ4n) is 2.26. The van der Waals surface area contributed by atoms with Gasteiger partial charge in [0.25, 0.3) is 0 Å². The van der Waals surface area contributed by atoms with Crippen molar-refractivity contribution in [3.05, 3.63) is 30.4 Å². The van der Waals surface area contributed by atoms with Crippen molar-refractivity contribution in [2.45, 2.75) is 18.8 Å². The van der Waals surface area contributed by atoms with Gasteiger partial charge < -0.3 is 5.11 Å². The molecule has 1 fully saturated rings. The Bertz CT molecular complexity index is 503. The molecule has 0 atom stereocenters. The van der Waals surface area contributed by atoms with E-state index in [2.05, 4.69) is 4.98 Å². The van der Waals surface area contributed by atoms with Gasteiger partial charge in [0.1, 0.15) is 11.6 Å². The first-order valence-corrected chi connectivity index (χ1v) is 6.74. The van der Waals surface area contributed by atoms with Gasteiger partial charge in [0.05, 0.1) is 17.9 Å². The molecule has 1 saturated heterocycles. The van der Waals surface area contributed by atoms with Gasteiger partial charge in [-0.25, -0.2) is 4.98 Å². The first kappa shape index (κ1) is 10.0. The molecule has 84 valence electrons. The van der Waals surface area contributed by atoms with Crippen LogP contribution in [0, 0.1) is 0 Å². The molecule has 0 bridgehead atoms. The fraction of sp³-hybridized carbons (Fsp3) is 0.417. The smallest absolute Gasteiger partial charge is 0.132 e. The highest BCUT2D eigenvalue weighted by Gasteiger charge is 2.19. The molecule has 0 aromatic carbocycles. The van der Waals surface area contributed by atoms with Crippen molar-refractivity contribution in [3.8, 4) is 5.75 Å². The van der Waals surface area contributed by atoms with Gasteiger partial charge in [0.15, 0.2) is 0 Å². The quantitative estimate of drug-likeness (QED) is 0.824. The van der Waals surface area contributed by atoms with Crippen LogP contribution in [0.4, 0.5) is 0 Å². The topological polar surface area (TPSA) is 37.5 Å². The Kier molecular flexibility index (Phi) is 2.52. The van der Waals surface area contributed by atoms with Crippen LogP contribution in [0.2, 0.25) is 0 Å². The molecule has 0 saturated carbocycles. The van der Waals surface area contributed by atoms with Gasteiger partial charge in [0.2, 0.25) is 0 Å². The molecule has 16 heavy (non-hydrogen) atoms. The van der Waals surface area contributed by atoms with Crippen molar-refractivity contribution in [1.82, 2.24) is 9.38 Å². The first-order valence-electron chi connectivity index (χ1n) is 5.58. The summed E-state index contributed by atoms with van der Waals surface area (Å²) >= 11 is 2.02. The van der Waals surface area contributed by atoms with E-state index >= 15 is 0 Å². The van der Waals surface area contributed by atoms with E-state index in [-0.39, 0.29) is 0 Å². The van der Waals surface area contributed by atoms with Crippen molar-refractivity contribution < 1.29 is 5.11 Å². The predicted octanol–water partition coefficient (Wildman–Crippen LogP) is 2.65. The molecule has 2 aromatic heterocycles. The summed E-state index contributed by atoms with van der Waals surface area (Å²) in [6.45, 7) is 0. The van der Waals surface area contributed by atoms with Crippen molar-refractivity contribution in [3.63, 3.8) is 0 Å². The number of fused-ring (bicyclic) bond motifs is 1. The minimum absolute atomic E-state index is 0.303. The van der Waals surface area contributed by atoms with Crippen LogP contribution < -0.4 is 0 Å². The zero-order valence-electron chi connectivity index (χ0n) is 8.97. The summed E-state index contributed by atoms with van der Waals surface area (Å²) in [5.74, 6) is 4.39. The molecule has 0 aliphatic carbocycles. The van der Waals surface area contributed by atoms with Crippen LogP contribution in [0.15, 0.2) is 24.5 Å². The minimum Gasteiger partial charge on any atom is -0.506 e. The van der Waals surface area contributed by atoms with Gasteiger partial charge in [-0.1, -0.05) is 0 Å². The summed E-state index contributed by atoms with van der Waals surface area (Å²) in [5.41, 5.74) is 1.06. The van der Waals surface area contributed by atoms with Crippen molar-refractivity contribution in [2.24, 2.45) is 0 Å². The van der Waals surface area contributed by atoms with Gasteiger partial charge in [-0.15, -0.1) is 0 Å². The summed E-state index contributed by atoms with van der Waals surface area (Å²) in [6, 6.07) is 3.61. The number of thioether (sulfide) groups is 1. The maximum atomic E-state index is 9.52. The van der Waals surface area contributed by atoms with Crippen LogP contribution in [0.25, 0.3) is 5.52 Å². The molecule has 1 aliphatic rings. The number of aromatic nitrogens is 2. The molecule has 1 aliphatic heterocycles. The zero-order chi connectivity index (χ0) is 11.0. The van der Waals surface area contributed by atoms with Crippen LogP contribution in [-0.2, 0) is 0 Å².